The van der Waals surface area contributed by atoms with Gasteiger partial charge in [0.05, 0.1) is 5.69 Å². The van der Waals surface area contributed by atoms with Crippen LogP contribution in [0, 0.1) is 0 Å². The summed E-state index contributed by atoms with van der Waals surface area (Å²) in [6.45, 7) is 8.20. The van der Waals surface area contributed by atoms with Crippen LogP contribution in [0.2, 0.25) is 0 Å². The molecule has 4 heteroatoms. The van der Waals surface area contributed by atoms with Crippen molar-refractivity contribution in [1.82, 2.24) is 10.3 Å². The van der Waals surface area contributed by atoms with Crippen molar-refractivity contribution in [3.8, 4) is 0 Å². The molecule has 0 fully saturated rings. The van der Waals surface area contributed by atoms with E-state index in [9.17, 15) is 0 Å². The minimum atomic E-state index is 0.154. The van der Waals surface area contributed by atoms with Crippen LogP contribution in [-0.4, -0.2) is 17.4 Å². The minimum absolute atomic E-state index is 0.154. The first kappa shape index (κ1) is 12.0. The third-order valence-electron chi connectivity index (χ3n) is 1.87. The van der Waals surface area contributed by atoms with Crippen LogP contribution in [0.4, 0.5) is 0 Å². The normalized spacial score (nSPS) is 12.0. The first-order valence-corrected chi connectivity index (χ1v) is 6.17. The Balaban J connectivity index is 2.51. The van der Waals surface area contributed by atoms with Crippen molar-refractivity contribution in [3.63, 3.8) is 0 Å². The number of hydrogen-bond acceptors (Lipinski definition) is 3. The van der Waals surface area contributed by atoms with Crippen molar-refractivity contribution < 1.29 is 0 Å². The maximum atomic E-state index is 5.57. The number of alkyl halides is 1. The van der Waals surface area contributed by atoms with Gasteiger partial charge in [-0.15, -0.1) is 22.9 Å². The van der Waals surface area contributed by atoms with Gasteiger partial charge in [0.25, 0.3) is 0 Å². The molecule has 1 N–H and O–H groups in total. The third-order valence-corrected chi connectivity index (χ3v) is 2.91. The van der Waals surface area contributed by atoms with E-state index < -0.39 is 0 Å². The fourth-order valence-electron chi connectivity index (χ4n) is 0.999. The topological polar surface area (TPSA) is 24.9 Å². The highest BCUT2D eigenvalue weighted by Gasteiger charge is 2.16. The summed E-state index contributed by atoms with van der Waals surface area (Å²) in [7, 11) is 0. The van der Waals surface area contributed by atoms with Gasteiger partial charge in [-0.2, -0.15) is 0 Å². The quantitative estimate of drug-likeness (QED) is 0.638. The molecule has 80 valence electrons. The maximum Gasteiger partial charge on any atom is 0.107 e. The smallest absolute Gasteiger partial charge is 0.107 e. The molecule has 0 aromatic carbocycles. The number of halogens is 1. The lowest BCUT2D eigenvalue weighted by molar-refractivity contribution is 0.569. The van der Waals surface area contributed by atoms with E-state index >= 15 is 0 Å². The van der Waals surface area contributed by atoms with Gasteiger partial charge in [-0.05, 0) is 0 Å². The number of nitrogens with one attached hydrogen (secondary N) is 1. The van der Waals surface area contributed by atoms with Crippen LogP contribution in [0.15, 0.2) is 5.38 Å². The Morgan fingerprint density at radius 2 is 2.21 bits per heavy atom. The van der Waals surface area contributed by atoms with Gasteiger partial charge in [0.2, 0.25) is 0 Å². The van der Waals surface area contributed by atoms with Crippen molar-refractivity contribution in [2.75, 3.05) is 12.4 Å². The number of hydrogen-bond donors (Lipinski definition) is 1. The molecule has 0 aliphatic carbocycles. The number of aromatic nitrogens is 1. The largest absolute Gasteiger partial charge is 0.309 e. The van der Waals surface area contributed by atoms with Crippen molar-refractivity contribution >= 4 is 22.9 Å². The number of nitrogens with zero attached hydrogens (tertiary/aromatic N) is 1. The summed E-state index contributed by atoms with van der Waals surface area (Å²) in [4.78, 5) is 4.57. The Kier molecular flexibility index (Phi) is 4.35. The molecular weight excluding hydrogens is 216 g/mol. The van der Waals surface area contributed by atoms with Gasteiger partial charge in [-0.3, -0.25) is 0 Å². The summed E-state index contributed by atoms with van der Waals surface area (Å²) >= 11 is 7.28. The second-order valence-electron chi connectivity index (χ2n) is 4.24. The van der Waals surface area contributed by atoms with Crippen LogP contribution >= 0.6 is 22.9 Å². The van der Waals surface area contributed by atoms with Crippen LogP contribution in [0.5, 0.6) is 0 Å². The first-order valence-electron chi connectivity index (χ1n) is 4.75. The zero-order chi connectivity index (χ0) is 10.6. The van der Waals surface area contributed by atoms with Crippen LogP contribution in [0.3, 0.4) is 0 Å². The summed E-state index contributed by atoms with van der Waals surface area (Å²) in [5.74, 6) is 0.650. The fraction of sp³-hybridized carbons (Fsp3) is 0.700. The highest BCUT2D eigenvalue weighted by Crippen LogP contribution is 2.23. The average Bonchev–Trinajstić information content (AvgIpc) is 2.52. The predicted molar refractivity (Wildman–Crippen MR) is 63.2 cm³/mol. The van der Waals surface area contributed by atoms with Crippen molar-refractivity contribution in [3.05, 3.63) is 16.1 Å². The molecule has 1 aromatic rings. The molecule has 0 saturated carbocycles. The van der Waals surface area contributed by atoms with E-state index in [0.717, 1.165) is 18.1 Å². The molecule has 0 unspecified atom stereocenters. The summed E-state index contributed by atoms with van der Waals surface area (Å²) < 4.78 is 0. The molecule has 0 bridgehead atoms. The maximum absolute atomic E-state index is 5.57. The van der Waals surface area contributed by atoms with E-state index in [1.807, 2.05) is 0 Å². The first-order chi connectivity index (χ1) is 6.54. The van der Waals surface area contributed by atoms with Gasteiger partial charge in [-0.1, -0.05) is 20.8 Å². The van der Waals surface area contributed by atoms with E-state index in [1.165, 1.54) is 5.69 Å². The number of rotatable bonds is 4. The van der Waals surface area contributed by atoms with Gasteiger partial charge in [0, 0.05) is 29.8 Å². The van der Waals surface area contributed by atoms with E-state index in [4.69, 9.17) is 11.6 Å². The fourth-order valence-corrected chi connectivity index (χ4v) is 2.12. The zero-order valence-electron chi connectivity index (χ0n) is 8.93. The lowest BCUT2D eigenvalue weighted by Gasteiger charge is -2.14. The molecule has 0 aliphatic rings. The van der Waals surface area contributed by atoms with Crippen LogP contribution in [-0.2, 0) is 12.0 Å². The molecule has 1 heterocycles. The molecule has 0 saturated heterocycles. The summed E-state index contributed by atoms with van der Waals surface area (Å²) in [5.41, 5.74) is 1.33. The highest BCUT2D eigenvalue weighted by molar-refractivity contribution is 7.09. The van der Waals surface area contributed by atoms with Gasteiger partial charge >= 0.3 is 0 Å². The van der Waals surface area contributed by atoms with Gasteiger partial charge in [-0.25, -0.2) is 4.98 Å². The molecular formula is C10H17ClN2S. The summed E-state index contributed by atoms with van der Waals surface area (Å²) in [5, 5.41) is 6.51. The molecule has 0 spiro atoms. The molecule has 0 atom stereocenters. The Hall–Kier alpha value is -0.120. The highest BCUT2D eigenvalue weighted by atomic mass is 35.5. The Bertz CT molecular complexity index is 278. The van der Waals surface area contributed by atoms with E-state index in [-0.39, 0.29) is 5.41 Å². The number of thiazole rings is 1. The standard InChI is InChI=1S/C10H17ClN2S/c1-10(2,3)8-7-14-9(13-8)6-12-5-4-11/h7,12H,4-6H2,1-3H3. The van der Waals surface area contributed by atoms with Crippen molar-refractivity contribution in [2.24, 2.45) is 0 Å². The molecule has 1 aromatic heterocycles. The Morgan fingerprint density at radius 3 is 2.71 bits per heavy atom. The molecule has 0 aliphatic heterocycles. The van der Waals surface area contributed by atoms with Gasteiger partial charge < -0.3 is 5.32 Å². The van der Waals surface area contributed by atoms with Crippen LogP contribution in [0.25, 0.3) is 0 Å². The third kappa shape index (κ3) is 3.56. The second kappa shape index (κ2) is 5.10. The molecule has 0 amide bonds. The summed E-state index contributed by atoms with van der Waals surface area (Å²) in [6.07, 6.45) is 0. The molecule has 1 rings (SSSR count). The lowest BCUT2D eigenvalue weighted by atomic mass is 9.93. The average molecular weight is 233 g/mol. The van der Waals surface area contributed by atoms with E-state index in [1.54, 1.807) is 11.3 Å². The van der Waals surface area contributed by atoms with E-state index in [2.05, 4.69) is 36.5 Å². The van der Waals surface area contributed by atoms with Crippen molar-refractivity contribution in [1.29, 1.82) is 0 Å². The molecule has 14 heavy (non-hydrogen) atoms. The lowest BCUT2D eigenvalue weighted by Crippen LogP contribution is -2.16. The predicted octanol–water partition coefficient (Wildman–Crippen LogP) is 2.77. The minimum Gasteiger partial charge on any atom is -0.309 e. The molecule has 2 nitrogen and oxygen atoms in total. The van der Waals surface area contributed by atoms with Crippen molar-refractivity contribution in [2.45, 2.75) is 32.7 Å². The van der Waals surface area contributed by atoms with Crippen LogP contribution < -0.4 is 5.32 Å². The SMILES string of the molecule is CC(C)(C)c1csc(CNCCCl)n1. The zero-order valence-corrected chi connectivity index (χ0v) is 10.5. The second-order valence-corrected chi connectivity index (χ2v) is 5.56. The monoisotopic (exact) mass is 232 g/mol. The van der Waals surface area contributed by atoms with E-state index in [0.29, 0.717) is 5.88 Å². The Morgan fingerprint density at radius 1 is 1.50 bits per heavy atom. The van der Waals surface area contributed by atoms with Crippen LogP contribution in [0.1, 0.15) is 31.5 Å². The van der Waals surface area contributed by atoms with Gasteiger partial charge in [0.15, 0.2) is 0 Å². The molecule has 0 radical (unpaired) electrons. The van der Waals surface area contributed by atoms with Gasteiger partial charge in [0.1, 0.15) is 5.01 Å². The Labute approximate surface area is 94.7 Å². The summed E-state index contributed by atoms with van der Waals surface area (Å²) in [6, 6.07) is 0.